The van der Waals surface area contributed by atoms with Crippen molar-refractivity contribution in [1.29, 1.82) is 0 Å². The molecule has 0 aromatic heterocycles. The van der Waals surface area contributed by atoms with Crippen LogP contribution < -0.4 is 5.32 Å². The SMILES string of the molecule is OCC1(NC2CC2)C2CCC1Cc1ccccc1C2. The van der Waals surface area contributed by atoms with Crippen molar-refractivity contribution in [3.63, 3.8) is 0 Å². The first-order valence-electron chi connectivity index (χ1n) is 7.77. The summed E-state index contributed by atoms with van der Waals surface area (Å²) >= 11 is 0. The normalized spacial score (nSPS) is 36.9. The molecule has 0 saturated heterocycles. The van der Waals surface area contributed by atoms with Gasteiger partial charge < -0.3 is 10.4 Å². The minimum absolute atomic E-state index is 0.000185. The molecule has 3 aliphatic rings. The molecule has 2 fully saturated rings. The molecule has 2 saturated carbocycles. The Kier molecular flexibility index (Phi) is 2.71. The van der Waals surface area contributed by atoms with Gasteiger partial charge in [-0.1, -0.05) is 24.3 Å². The number of aliphatic hydroxyl groups is 1. The number of fused-ring (bicyclic) bond motifs is 3. The molecular formula is C17H23NO. The number of benzene rings is 1. The van der Waals surface area contributed by atoms with E-state index in [0.29, 0.717) is 24.5 Å². The zero-order valence-corrected chi connectivity index (χ0v) is 11.4. The molecule has 0 radical (unpaired) electrons. The fraction of sp³-hybridized carbons (Fsp3) is 0.647. The predicted octanol–water partition coefficient (Wildman–Crippen LogP) is 2.29. The quantitative estimate of drug-likeness (QED) is 0.871. The highest BCUT2D eigenvalue weighted by Crippen LogP contribution is 2.48. The Morgan fingerprint density at radius 1 is 1.00 bits per heavy atom. The number of aliphatic hydroxyl groups excluding tert-OH is 1. The lowest BCUT2D eigenvalue weighted by Crippen LogP contribution is -2.57. The van der Waals surface area contributed by atoms with E-state index in [1.807, 2.05) is 0 Å². The highest BCUT2D eigenvalue weighted by Gasteiger charge is 2.52. The Morgan fingerprint density at radius 3 is 2.05 bits per heavy atom. The zero-order valence-electron chi connectivity index (χ0n) is 11.4. The summed E-state index contributed by atoms with van der Waals surface area (Å²) < 4.78 is 0. The highest BCUT2D eigenvalue weighted by molar-refractivity contribution is 5.32. The van der Waals surface area contributed by atoms with Gasteiger partial charge in [-0.3, -0.25) is 0 Å². The van der Waals surface area contributed by atoms with Crippen molar-refractivity contribution in [1.82, 2.24) is 5.32 Å². The molecule has 0 aliphatic heterocycles. The van der Waals surface area contributed by atoms with E-state index < -0.39 is 0 Å². The summed E-state index contributed by atoms with van der Waals surface area (Å²) in [7, 11) is 0. The van der Waals surface area contributed by atoms with Gasteiger partial charge in [-0.15, -0.1) is 0 Å². The predicted molar refractivity (Wildman–Crippen MR) is 76.0 cm³/mol. The van der Waals surface area contributed by atoms with Gasteiger partial charge in [-0.2, -0.15) is 0 Å². The molecular weight excluding hydrogens is 234 g/mol. The summed E-state index contributed by atoms with van der Waals surface area (Å²) in [5, 5.41) is 14.0. The van der Waals surface area contributed by atoms with E-state index in [2.05, 4.69) is 29.6 Å². The van der Waals surface area contributed by atoms with Crippen LogP contribution in [-0.2, 0) is 12.8 Å². The zero-order chi connectivity index (χ0) is 12.9. The van der Waals surface area contributed by atoms with Gasteiger partial charge in [-0.05, 0) is 61.5 Å². The van der Waals surface area contributed by atoms with Crippen LogP contribution >= 0.6 is 0 Å². The van der Waals surface area contributed by atoms with Gasteiger partial charge in [0, 0.05) is 11.6 Å². The van der Waals surface area contributed by atoms with Crippen LogP contribution in [0.15, 0.2) is 24.3 Å². The monoisotopic (exact) mass is 257 g/mol. The fourth-order valence-corrected chi connectivity index (χ4v) is 4.45. The van der Waals surface area contributed by atoms with Gasteiger partial charge in [0.2, 0.25) is 0 Å². The number of nitrogens with one attached hydrogen (secondary N) is 1. The standard InChI is InChI=1S/C17H23NO/c19-11-17(18-16-7-8-16)14-5-6-15(17)10-13-4-2-1-3-12(13)9-14/h1-4,14-16,18-19H,5-11H2. The molecule has 2 heteroatoms. The second kappa shape index (κ2) is 4.32. The van der Waals surface area contributed by atoms with Gasteiger partial charge in [0.05, 0.1) is 6.61 Å². The summed E-state index contributed by atoms with van der Waals surface area (Å²) in [6.07, 6.45) is 7.45. The molecule has 2 bridgehead atoms. The van der Waals surface area contributed by atoms with Crippen LogP contribution in [0.25, 0.3) is 0 Å². The van der Waals surface area contributed by atoms with E-state index in [1.54, 1.807) is 0 Å². The first kappa shape index (κ1) is 11.9. The van der Waals surface area contributed by atoms with Gasteiger partial charge >= 0.3 is 0 Å². The maximum absolute atomic E-state index is 10.1. The second-order valence-electron chi connectivity index (χ2n) is 6.77. The number of rotatable bonds is 3. The van der Waals surface area contributed by atoms with Crippen molar-refractivity contribution < 1.29 is 5.11 Å². The molecule has 0 heterocycles. The Labute approximate surface area is 115 Å². The Morgan fingerprint density at radius 2 is 1.58 bits per heavy atom. The molecule has 4 rings (SSSR count). The molecule has 19 heavy (non-hydrogen) atoms. The maximum atomic E-state index is 10.1. The van der Waals surface area contributed by atoms with Crippen LogP contribution in [0.1, 0.15) is 36.8 Å². The van der Waals surface area contributed by atoms with E-state index in [4.69, 9.17) is 0 Å². The lowest BCUT2D eigenvalue weighted by molar-refractivity contribution is 0.0871. The van der Waals surface area contributed by atoms with E-state index in [9.17, 15) is 5.11 Å². The average Bonchev–Trinajstić information content (AvgIpc) is 3.17. The molecule has 102 valence electrons. The Bertz CT molecular complexity index is 447. The van der Waals surface area contributed by atoms with Crippen molar-refractivity contribution in [3.05, 3.63) is 35.4 Å². The second-order valence-corrected chi connectivity index (χ2v) is 6.77. The maximum Gasteiger partial charge on any atom is 0.0619 e. The highest BCUT2D eigenvalue weighted by atomic mass is 16.3. The summed E-state index contributed by atoms with van der Waals surface area (Å²) in [4.78, 5) is 0. The molecule has 2 N–H and O–H groups in total. The van der Waals surface area contributed by atoms with Crippen LogP contribution in [0.3, 0.4) is 0 Å². The molecule has 2 unspecified atom stereocenters. The molecule has 1 aromatic rings. The fourth-order valence-electron chi connectivity index (χ4n) is 4.45. The Hall–Kier alpha value is -0.860. The lowest BCUT2D eigenvalue weighted by atomic mass is 9.79. The third kappa shape index (κ3) is 1.85. The summed E-state index contributed by atoms with van der Waals surface area (Å²) in [6, 6.07) is 9.57. The van der Waals surface area contributed by atoms with Crippen molar-refractivity contribution in [2.75, 3.05) is 6.61 Å². The van der Waals surface area contributed by atoms with Crippen LogP contribution in [-0.4, -0.2) is 23.3 Å². The van der Waals surface area contributed by atoms with Crippen molar-refractivity contribution in [2.45, 2.75) is 50.1 Å². The number of hydrogen-bond donors (Lipinski definition) is 2. The molecule has 0 amide bonds. The average molecular weight is 257 g/mol. The molecule has 2 nitrogen and oxygen atoms in total. The van der Waals surface area contributed by atoms with Crippen molar-refractivity contribution >= 4 is 0 Å². The Balaban J connectivity index is 1.71. The van der Waals surface area contributed by atoms with E-state index >= 15 is 0 Å². The summed E-state index contributed by atoms with van der Waals surface area (Å²) in [5.41, 5.74) is 3.04. The van der Waals surface area contributed by atoms with Gasteiger partial charge in [-0.25, -0.2) is 0 Å². The third-order valence-corrected chi connectivity index (χ3v) is 5.68. The first-order valence-corrected chi connectivity index (χ1v) is 7.77. The minimum Gasteiger partial charge on any atom is -0.394 e. The molecule has 0 spiro atoms. The van der Waals surface area contributed by atoms with Crippen LogP contribution in [0.2, 0.25) is 0 Å². The van der Waals surface area contributed by atoms with Gasteiger partial charge in [0.1, 0.15) is 0 Å². The van der Waals surface area contributed by atoms with E-state index in [1.165, 1.54) is 36.8 Å². The smallest absolute Gasteiger partial charge is 0.0619 e. The first-order chi connectivity index (χ1) is 9.32. The largest absolute Gasteiger partial charge is 0.394 e. The summed E-state index contributed by atoms with van der Waals surface area (Å²) in [5.74, 6) is 1.23. The summed E-state index contributed by atoms with van der Waals surface area (Å²) in [6.45, 7) is 0.312. The van der Waals surface area contributed by atoms with Crippen LogP contribution in [0, 0.1) is 11.8 Å². The van der Waals surface area contributed by atoms with E-state index in [0.717, 1.165) is 12.8 Å². The minimum atomic E-state index is 0.000185. The lowest BCUT2D eigenvalue weighted by Gasteiger charge is -2.39. The van der Waals surface area contributed by atoms with Crippen molar-refractivity contribution in [2.24, 2.45) is 11.8 Å². The molecule has 1 aromatic carbocycles. The number of hydrogen-bond acceptors (Lipinski definition) is 2. The topological polar surface area (TPSA) is 32.3 Å². The van der Waals surface area contributed by atoms with E-state index in [-0.39, 0.29) is 5.54 Å². The van der Waals surface area contributed by atoms with Crippen LogP contribution in [0.4, 0.5) is 0 Å². The molecule has 2 atom stereocenters. The van der Waals surface area contributed by atoms with Gasteiger partial charge in [0.15, 0.2) is 0 Å². The molecule has 3 aliphatic carbocycles. The van der Waals surface area contributed by atoms with Crippen molar-refractivity contribution in [3.8, 4) is 0 Å². The van der Waals surface area contributed by atoms with Crippen LogP contribution in [0.5, 0.6) is 0 Å². The van der Waals surface area contributed by atoms with Gasteiger partial charge in [0.25, 0.3) is 0 Å². The third-order valence-electron chi connectivity index (χ3n) is 5.68.